The minimum atomic E-state index is -0.151. The lowest BCUT2D eigenvalue weighted by atomic mass is 10.1. The molecule has 29 heavy (non-hydrogen) atoms. The van der Waals surface area contributed by atoms with Crippen LogP contribution < -0.4 is 15.2 Å². The third-order valence-corrected chi connectivity index (χ3v) is 4.90. The maximum atomic E-state index is 12.3. The predicted molar refractivity (Wildman–Crippen MR) is 106 cm³/mol. The van der Waals surface area contributed by atoms with Gasteiger partial charge in [-0.15, -0.1) is 0 Å². The molecule has 1 aliphatic heterocycles. The second-order valence-electron chi connectivity index (χ2n) is 7.23. The minimum absolute atomic E-state index is 0.0783. The van der Waals surface area contributed by atoms with Crippen LogP contribution in [0.1, 0.15) is 37.4 Å². The molecule has 0 unspecified atom stereocenters. The van der Waals surface area contributed by atoms with Crippen LogP contribution in [0.5, 0.6) is 5.75 Å². The Hall–Kier alpha value is -3.67. The zero-order chi connectivity index (χ0) is 20.4. The van der Waals surface area contributed by atoms with Crippen LogP contribution in [0.3, 0.4) is 0 Å². The number of nitrogens with one attached hydrogen (secondary N) is 1. The molecule has 0 radical (unpaired) electrons. The SMILES string of the molecule is CC(C)c1cc(=O)n(-c2cc(N3CC[C@H](Oc4cnccc4C#N)C3)ncn2)[nH]1. The van der Waals surface area contributed by atoms with Crippen molar-refractivity contribution in [3.05, 3.63) is 58.5 Å². The first-order valence-corrected chi connectivity index (χ1v) is 9.45. The van der Waals surface area contributed by atoms with Gasteiger partial charge in [0.25, 0.3) is 5.56 Å². The molecule has 9 heteroatoms. The summed E-state index contributed by atoms with van der Waals surface area (Å²) in [5.41, 5.74) is 1.17. The van der Waals surface area contributed by atoms with Crippen LogP contribution in [0.15, 0.2) is 41.7 Å². The molecule has 0 spiro atoms. The summed E-state index contributed by atoms with van der Waals surface area (Å²) in [6.45, 7) is 5.41. The zero-order valence-corrected chi connectivity index (χ0v) is 16.2. The zero-order valence-electron chi connectivity index (χ0n) is 16.2. The van der Waals surface area contributed by atoms with Gasteiger partial charge < -0.3 is 9.64 Å². The van der Waals surface area contributed by atoms with Gasteiger partial charge in [-0.1, -0.05) is 13.8 Å². The van der Waals surface area contributed by atoms with E-state index in [2.05, 4.69) is 31.0 Å². The molecular formula is C20H21N7O2. The van der Waals surface area contributed by atoms with Crippen LogP contribution in [-0.4, -0.2) is 43.9 Å². The van der Waals surface area contributed by atoms with Crippen LogP contribution in [0.25, 0.3) is 5.82 Å². The monoisotopic (exact) mass is 391 g/mol. The van der Waals surface area contributed by atoms with Crippen LogP contribution in [0.4, 0.5) is 5.82 Å². The van der Waals surface area contributed by atoms with Crippen molar-refractivity contribution in [2.45, 2.75) is 32.3 Å². The van der Waals surface area contributed by atoms with Crippen molar-refractivity contribution in [3.63, 3.8) is 0 Å². The van der Waals surface area contributed by atoms with Gasteiger partial charge in [0, 0.05) is 37.0 Å². The van der Waals surface area contributed by atoms with Crippen LogP contribution in [-0.2, 0) is 0 Å². The lowest BCUT2D eigenvalue weighted by molar-refractivity contribution is 0.223. The van der Waals surface area contributed by atoms with Gasteiger partial charge in [0.1, 0.15) is 24.3 Å². The fourth-order valence-corrected chi connectivity index (χ4v) is 3.29. The smallest absolute Gasteiger partial charge is 0.272 e. The van der Waals surface area contributed by atoms with Crippen LogP contribution in [0, 0.1) is 11.3 Å². The quantitative estimate of drug-likeness (QED) is 0.708. The minimum Gasteiger partial charge on any atom is -0.485 e. The maximum absolute atomic E-state index is 12.3. The molecule has 1 fully saturated rings. The number of H-pyrrole nitrogens is 1. The number of ether oxygens (including phenoxy) is 1. The Morgan fingerprint density at radius 3 is 2.90 bits per heavy atom. The van der Waals surface area contributed by atoms with Gasteiger partial charge in [-0.05, 0) is 12.0 Å². The Balaban J connectivity index is 1.51. The van der Waals surface area contributed by atoms with E-state index in [1.165, 1.54) is 11.0 Å². The molecule has 3 aromatic rings. The van der Waals surface area contributed by atoms with Crippen LogP contribution in [0.2, 0.25) is 0 Å². The highest BCUT2D eigenvalue weighted by Crippen LogP contribution is 2.24. The lowest BCUT2D eigenvalue weighted by Gasteiger charge is -2.18. The van der Waals surface area contributed by atoms with Crippen molar-refractivity contribution in [1.82, 2.24) is 24.7 Å². The number of rotatable bonds is 5. The Bertz CT molecular complexity index is 1110. The largest absolute Gasteiger partial charge is 0.485 e. The molecule has 1 N–H and O–H groups in total. The summed E-state index contributed by atoms with van der Waals surface area (Å²) < 4.78 is 7.41. The number of pyridine rings is 1. The Kier molecular flexibility index (Phi) is 4.99. The Morgan fingerprint density at radius 1 is 1.31 bits per heavy atom. The molecule has 9 nitrogen and oxygen atoms in total. The van der Waals surface area contributed by atoms with E-state index in [4.69, 9.17) is 4.74 Å². The molecule has 0 aromatic carbocycles. The highest BCUT2D eigenvalue weighted by molar-refractivity contribution is 5.45. The standard InChI is InChI=1S/C20H21N7O2/c1-13(2)16-7-20(28)27(25-16)19-8-18(23-12-24-19)26-6-4-15(11-26)29-17-10-22-5-3-14(17)9-21/h3,5,7-8,10,12-13,15,25H,4,6,11H2,1-2H3/t15-/m0/s1. The molecule has 1 saturated heterocycles. The van der Waals surface area contributed by atoms with E-state index >= 15 is 0 Å². The van der Waals surface area contributed by atoms with Gasteiger partial charge >= 0.3 is 0 Å². The summed E-state index contributed by atoms with van der Waals surface area (Å²) in [4.78, 5) is 27.0. The van der Waals surface area contributed by atoms with E-state index in [1.807, 2.05) is 13.8 Å². The average molecular weight is 391 g/mol. The second kappa shape index (κ2) is 7.75. The van der Waals surface area contributed by atoms with Gasteiger partial charge in [-0.25, -0.2) is 14.6 Å². The van der Waals surface area contributed by atoms with Crippen molar-refractivity contribution >= 4 is 5.82 Å². The third-order valence-electron chi connectivity index (χ3n) is 4.90. The molecule has 1 atom stereocenters. The van der Waals surface area contributed by atoms with E-state index in [0.29, 0.717) is 23.7 Å². The van der Waals surface area contributed by atoms with Crippen molar-refractivity contribution < 1.29 is 4.74 Å². The summed E-state index contributed by atoms with van der Waals surface area (Å²) >= 11 is 0. The van der Waals surface area contributed by atoms with Gasteiger partial charge in [-0.2, -0.15) is 5.26 Å². The van der Waals surface area contributed by atoms with Crippen molar-refractivity contribution in [2.75, 3.05) is 18.0 Å². The first-order chi connectivity index (χ1) is 14.0. The number of nitriles is 1. The summed E-state index contributed by atoms with van der Waals surface area (Å²) in [5, 5.41) is 12.3. The van der Waals surface area contributed by atoms with Crippen molar-refractivity contribution in [1.29, 1.82) is 5.26 Å². The molecule has 4 heterocycles. The fourth-order valence-electron chi connectivity index (χ4n) is 3.29. The van der Waals surface area contributed by atoms with Gasteiger partial charge in [0.2, 0.25) is 0 Å². The Morgan fingerprint density at radius 2 is 2.14 bits per heavy atom. The first-order valence-electron chi connectivity index (χ1n) is 9.45. The number of hydrogen-bond donors (Lipinski definition) is 1. The summed E-state index contributed by atoms with van der Waals surface area (Å²) in [7, 11) is 0. The van der Waals surface area contributed by atoms with Crippen molar-refractivity contribution in [3.8, 4) is 17.6 Å². The topological polar surface area (TPSA) is 113 Å². The molecule has 3 aromatic heterocycles. The summed E-state index contributed by atoms with van der Waals surface area (Å²) in [5.74, 6) is 1.92. The van der Waals surface area contributed by atoms with Gasteiger partial charge in [0.15, 0.2) is 11.6 Å². The highest BCUT2D eigenvalue weighted by Gasteiger charge is 2.26. The summed E-state index contributed by atoms with van der Waals surface area (Å²) in [6, 6.07) is 7.13. The molecule has 1 aliphatic rings. The maximum Gasteiger partial charge on any atom is 0.272 e. The molecule has 0 aliphatic carbocycles. The average Bonchev–Trinajstić information content (AvgIpc) is 3.35. The number of hydrogen-bond acceptors (Lipinski definition) is 7. The van der Waals surface area contributed by atoms with E-state index in [9.17, 15) is 10.1 Å². The third kappa shape index (κ3) is 3.82. The van der Waals surface area contributed by atoms with Crippen molar-refractivity contribution in [2.24, 2.45) is 0 Å². The number of aromatic nitrogens is 5. The molecule has 0 saturated carbocycles. The highest BCUT2D eigenvalue weighted by atomic mass is 16.5. The van der Waals surface area contributed by atoms with Gasteiger partial charge in [-0.3, -0.25) is 14.9 Å². The molecule has 0 amide bonds. The summed E-state index contributed by atoms with van der Waals surface area (Å²) in [6.07, 6.45) is 5.30. The van der Waals surface area contributed by atoms with Gasteiger partial charge in [0.05, 0.1) is 18.3 Å². The van der Waals surface area contributed by atoms with E-state index in [-0.39, 0.29) is 17.6 Å². The van der Waals surface area contributed by atoms with E-state index in [1.54, 1.807) is 30.6 Å². The molecule has 0 bridgehead atoms. The number of anilines is 1. The van der Waals surface area contributed by atoms with E-state index < -0.39 is 0 Å². The molecular weight excluding hydrogens is 370 g/mol. The van der Waals surface area contributed by atoms with E-state index in [0.717, 1.165) is 24.5 Å². The number of aromatic amines is 1. The predicted octanol–water partition coefficient (Wildman–Crippen LogP) is 2.00. The fraction of sp³-hybridized carbons (Fsp3) is 0.350. The number of nitrogens with zero attached hydrogens (tertiary/aromatic N) is 6. The first kappa shape index (κ1) is 18.7. The Labute approximate surface area is 167 Å². The second-order valence-corrected chi connectivity index (χ2v) is 7.23. The van der Waals surface area contributed by atoms with Crippen LogP contribution >= 0.6 is 0 Å². The normalized spacial score (nSPS) is 16.2. The lowest BCUT2D eigenvalue weighted by Crippen LogP contribution is -2.26. The molecule has 148 valence electrons. The molecule has 4 rings (SSSR count).